The van der Waals surface area contributed by atoms with Crippen LogP contribution in [0.2, 0.25) is 0 Å². The summed E-state index contributed by atoms with van der Waals surface area (Å²) in [4.78, 5) is 18.7. The topological polar surface area (TPSA) is 90.0 Å². The molecule has 1 aromatic rings. The molecule has 1 N–H and O–H groups in total. The summed E-state index contributed by atoms with van der Waals surface area (Å²) < 4.78 is 72.8. The van der Waals surface area contributed by atoms with Gasteiger partial charge in [-0.15, -0.1) is 0 Å². The summed E-state index contributed by atoms with van der Waals surface area (Å²) in [7, 11) is -1.27. The van der Waals surface area contributed by atoms with Crippen molar-refractivity contribution in [3.05, 3.63) is 23.4 Å². The highest BCUT2D eigenvalue weighted by atomic mass is 32.2. The monoisotopic (exact) mass is 505 g/mol. The van der Waals surface area contributed by atoms with Crippen LogP contribution in [0.15, 0.2) is 12.1 Å². The average molecular weight is 506 g/mol. The Morgan fingerprint density at radius 2 is 1.85 bits per heavy atom. The molecule has 190 valence electrons. The van der Waals surface area contributed by atoms with Crippen molar-refractivity contribution in [3.8, 4) is 5.88 Å². The molecule has 2 fully saturated rings. The molecule has 4 aliphatic rings. The van der Waals surface area contributed by atoms with Gasteiger partial charge in [-0.05, 0) is 45.1 Å². The number of pyridine rings is 1. The van der Waals surface area contributed by atoms with Gasteiger partial charge in [0.15, 0.2) is 0 Å². The van der Waals surface area contributed by atoms with Crippen LogP contribution >= 0.6 is 0 Å². The molecular weight excluding hydrogens is 475 g/mol. The Morgan fingerprint density at radius 3 is 2.53 bits per heavy atom. The minimum absolute atomic E-state index is 0.00183. The molecule has 0 radical (unpaired) electrons. The number of nitrogens with zero attached hydrogens (tertiary/aromatic N) is 2. The van der Waals surface area contributed by atoms with Gasteiger partial charge in [0.25, 0.3) is 0 Å². The summed E-state index contributed by atoms with van der Waals surface area (Å²) in [6, 6.07) is 1.47. The highest BCUT2D eigenvalue weighted by Gasteiger charge is 2.44. The number of carbonyl (C=O) groups is 1. The summed E-state index contributed by atoms with van der Waals surface area (Å²) in [5.41, 5.74) is -0.744. The Balaban J connectivity index is 1.57. The van der Waals surface area contributed by atoms with Crippen molar-refractivity contribution >= 4 is 17.1 Å². The first-order chi connectivity index (χ1) is 16.1. The SMILES string of the molecule is CC1CC(NS(C)=O)C2COC3CCC(CC3)c3nc(ccc3C(F)(F)F)OCCOC(=O)N12. The van der Waals surface area contributed by atoms with Crippen LogP contribution in [0, 0.1) is 0 Å². The highest BCUT2D eigenvalue weighted by Crippen LogP contribution is 2.41. The molecule has 1 saturated heterocycles. The molecular formula is C22H30F3N3O5S. The van der Waals surface area contributed by atoms with Crippen LogP contribution in [0.5, 0.6) is 5.88 Å². The van der Waals surface area contributed by atoms with Crippen LogP contribution < -0.4 is 9.46 Å². The summed E-state index contributed by atoms with van der Waals surface area (Å²) in [6.07, 6.45) is -0.851. The van der Waals surface area contributed by atoms with E-state index in [2.05, 4.69) is 9.71 Å². The predicted molar refractivity (Wildman–Crippen MR) is 118 cm³/mol. The van der Waals surface area contributed by atoms with E-state index < -0.39 is 28.8 Å². The van der Waals surface area contributed by atoms with Crippen molar-refractivity contribution in [1.29, 1.82) is 0 Å². The van der Waals surface area contributed by atoms with Gasteiger partial charge in [-0.2, -0.15) is 13.2 Å². The molecule has 1 aromatic heterocycles. The number of halogens is 3. The summed E-state index contributed by atoms with van der Waals surface area (Å²) in [5, 5.41) is 0. The van der Waals surface area contributed by atoms with Gasteiger partial charge in [0, 0.05) is 30.3 Å². The lowest BCUT2D eigenvalue weighted by atomic mass is 9.83. The molecule has 1 saturated carbocycles. The van der Waals surface area contributed by atoms with Gasteiger partial charge in [-0.3, -0.25) is 4.90 Å². The fourth-order valence-electron chi connectivity index (χ4n) is 5.19. The second kappa shape index (κ2) is 10.4. The van der Waals surface area contributed by atoms with Gasteiger partial charge in [-0.1, -0.05) is 0 Å². The van der Waals surface area contributed by atoms with E-state index in [4.69, 9.17) is 14.2 Å². The lowest BCUT2D eigenvalue weighted by Gasteiger charge is -2.33. The average Bonchev–Trinajstić information content (AvgIpc) is 3.08. The minimum atomic E-state index is -4.51. The Kier molecular flexibility index (Phi) is 7.68. The van der Waals surface area contributed by atoms with E-state index in [1.807, 2.05) is 6.92 Å². The van der Waals surface area contributed by atoms with Gasteiger partial charge >= 0.3 is 12.3 Å². The van der Waals surface area contributed by atoms with Crippen LogP contribution in [0.1, 0.15) is 56.2 Å². The minimum Gasteiger partial charge on any atom is -0.474 e. The van der Waals surface area contributed by atoms with Crippen LogP contribution in [-0.2, 0) is 26.6 Å². The van der Waals surface area contributed by atoms with Crippen molar-refractivity contribution in [2.24, 2.45) is 0 Å². The number of aromatic nitrogens is 1. The Hall–Kier alpha value is -1.92. The molecule has 3 aliphatic heterocycles. The number of amides is 1. The number of rotatable bonds is 2. The van der Waals surface area contributed by atoms with E-state index in [9.17, 15) is 22.2 Å². The molecule has 12 heteroatoms. The maximum atomic E-state index is 13.6. The first kappa shape index (κ1) is 25.2. The zero-order valence-corrected chi connectivity index (χ0v) is 20.0. The normalized spacial score (nSPS) is 31.5. The maximum Gasteiger partial charge on any atom is 0.418 e. The van der Waals surface area contributed by atoms with E-state index in [0.29, 0.717) is 32.1 Å². The molecule has 0 spiro atoms. The predicted octanol–water partition coefficient (Wildman–Crippen LogP) is 3.39. The zero-order valence-electron chi connectivity index (χ0n) is 19.2. The van der Waals surface area contributed by atoms with E-state index >= 15 is 0 Å². The summed E-state index contributed by atoms with van der Waals surface area (Å²) in [5.74, 6) is -0.266. The van der Waals surface area contributed by atoms with E-state index in [1.165, 1.54) is 6.07 Å². The number of hydrogen-bond donors (Lipinski definition) is 1. The zero-order chi connectivity index (χ0) is 24.5. The van der Waals surface area contributed by atoms with Crippen molar-refractivity contribution in [2.75, 3.05) is 26.1 Å². The Bertz CT molecular complexity index is 910. The molecule has 1 aliphatic carbocycles. The summed E-state index contributed by atoms with van der Waals surface area (Å²) in [6.45, 7) is 2.00. The van der Waals surface area contributed by atoms with Crippen LogP contribution in [0.3, 0.4) is 0 Å². The van der Waals surface area contributed by atoms with Crippen molar-refractivity contribution in [2.45, 2.75) is 75.4 Å². The summed E-state index contributed by atoms with van der Waals surface area (Å²) >= 11 is 0. The number of hydrogen-bond acceptors (Lipinski definition) is 6. The fourth-order valence-corrected chi connectivity index (χ4v) is 5.87. The number of alkyl halides is 3. The molecule has 4 atom stereocenters. The number of ether oxygens (including phenoxy) is 3. The highest BCUT2D eigenvalue weighted by molar-refractivity contribution is 7.82. The van der Waals surface area contributed by atoms with Crippen molar-refractivity contribution < 1.29 is 36.4 Å². The first-order valence-electron chi connectivity index (χ1n) is 11.5. The molecule has 4 heterocycles. The van der Waals surface area contributed by atoms with Crippen molar-refractivity contribution in [1.82, 2.24) is 14.6 Å². The fraction of sp³-hybridized carbons (Fsp3) is 0.727. The maximum absolute atomic E-state index is 13.6. The molecule has 34 heavy (non-hydrogen) atoms. The molecule has 8 nitrogen and oxygen atoms in total. The third-order valence-electron chi connectivity index (χ3n) is 6.75. The van der Waals surface area contributed by atoms with E-state index in [0.717, 1.165) is 6.07 Å². The smallest absolute Gasteiger partial charge is 0.418 e. The second-order valence-electron chi connectivity index (χ2n) is 9.09. The lowest BCUT2D eigenvalue weighted by Crippen LogP contribution is -2.50. The third-order valence-corrected chi connectivity index (χ3v) is 7.38. The lowest BCUT2D eigenvalue weighted by molar-refractivity contribution is -0.138. The quantitative estimate of drug-likeness (QED) is 0.663. The largest absolute Gasteiger partial charge is 0.474 e. The standard InChI is InChI=1S/C22H30F3N3O5S/c1-13-11-17(27-34(2)30)18-12-33-15-5-3-14(4-6-15)20-16(22(23,24)25)7-8-19(26-20)31-9-10-32-21(29)28(13)18/h7-8,13-15,17-18,27H,3-6,9-12H2,1-2H3. The molecule has 5 rings (SSSR count). The van der Waals surface area contributed by atoms with Crippen LogP contribution in [0.4, 0.5) is 18.0 Å². The number of carbonyl (C=O) groups excluding carboxylic acids is 1. The third kappa shape index (κ3) is 5.65. The van der Waals surface area contributed by atoms with E-state index in [1.54, 1.807) is 11.2 Å². The van der Waals surface area contributed by atoms with Gasteiger partial charge in [0.1, 0.15) is 13.2 Å². The van der Waals surface area contributed by atoms with Crippen molar-refractivity contribution in [3.63, 3.8) is 0 Å². The van der Waals surface area contributed by atoms with Gasteiger partial charge in [0.2, 0.25) is 5.88 Å². The number of nitrogens with one attached hydrogen (secondary N) is 1. The Labute approximate surface area is 199 Å². The first-order valence-corrected chi connectivity index (χ1v) is 13.1. The molecule has 0 aromatic carbocycles. The second-order valence-corrected chi connectivity index (χ2v) is 10.2. The molecule has 4 bridgehead atoms. The van der Waals surface area contributed by atoms with Gasteiger partial charge < -0.3 is 14.2 Å². The van der Waals surface area contributed by atoms with Crippen LogP contribution in [0.25, 0.3) is 0 Å². The molecule has 4 unspecified atom stereocenters. The Morgan fingerprint density at radius 1 is 1.15 bits per heavy atom. The van der Waals surface area contributed by atoms with Gasteiger partial charge in [0.05, 0.1) is 41.0 Å². The van der Waals surface area contributed by atoms with Gasteiger partial charge in [-0.25, -0.2) is 18.7 Å². The molecule has 1 amide bonds. The number of fused-ring (bicyclic) bond motifs is 7. The van der Waals surface area contributed by atoms with Crippen LogP contribution in [-0.4, -0.2) is 70.5 Å². The van der Waals surface area contributed by atoms with E-state index in [-0.39, 0.29) is 61.5 Å².